The SMILES string of the molecule is CC(C)C[C@H](NC(=O)C(NC(=O)[C@@H](N)C(C)C)c1cc(O)cc(O)c1)C(=O)NC(Cc1ccccc1)C(=O)C(=O)N[C@H](C(=O)N[C@H](C(=O)O)C(C)C)C(C)C. The third-order valence-electron chi connectivity index (χ3n) is 8.77. The first-order valence-corrected chi connectivity index (χ1v) is 18.2. The lowest BCUT2D eigenvalue weighted by Crippen LogP contribution is -2.59. The normalized spacial score (nSPS) is 14.6. The van der Waals surface area contributed by atoms with Crippen LogP contribution in [0.4, 0.5) is 0 Å². The summed E-state index contributed by atoms with van der Waals surface area (Å²) < 4.78 is 0. The molecule has 10 N–H and O–H groups in total. The van der Waals surface area contributed by atoms with E-state index in [2.05, 4.69) is 26.6 Å². The molecular formula is C39H56N6O10. The summed E-state index contributed by atoms with van der Waals surface area (Å²) in [6.07, 6.45) is -0.105. The molecule has 0 saturated heterocycles. The summed E-state index contributed by atoms with van der Waals surface area (Å²) >= 11 is 0. The number of phenolic OH excluding ortho intramolecular Hbond substituents is 2. The minimum Gasteiger partial charge on any atom is -0.508 e. The van der Waals surface area contributed by atoms with Crippen LogP contribution in [0.1, 0.15) is 79.0 Å². The third kappa shape index (κ3) is 14.0. The maximum atomic E-state index is 14.0. The Morgan fingerprint density at radius 2 is 1.16 bits per heavy atom. The van der Waals surface area contributed by atoms with Crippen molar-refractivity contribution in [1.82, 2.24) is 26.6 Å². The predicted octanol–water partition coefficient (Wildman–Crippen LogP) is 1.43. The number of amides is 5. The van der Waals surface area contributed by atoms with Crippen LogP contribution in [-0.2, 0) is 40.0 Å². The Morgan fingerprint density at radius 1 is 0.618 bits per heavy atom. The Balaban J connectivity index is 2.45. The van der Waals surface area contributed by atoms with Crippen LogP contribution in [-0.4, -0.2) is 86.8 Å². The van der Waals surface area contributed by atoms with Crippen molar-refractivity contribution < 1.29 is 48.9 Å². The van der Waals surface area contributed by atoms with Crippen molar-refractivity contribution in [2.75, 3.05) is 0 Å². The van der Waals surface area contributed by atoms with Gasteiger partial charge in [0.05, 0.1) is 6.04 Å². The van der Waals surface area contributed by atoms with E-state index < -0.39 is 101 Å². The van der Waals surface area contributed by atoms with Gasteiger partial charge in [-0.2, -0.15) is 0 Å². The highest BCUT2D eigenvalue weighted by Gasteiger charge is 2.36. The van der Waals surface area contributed by atoms with Gasteiger partial charge in [-0.25, -0.2) is 4.79 Å². The fourth-order valence-electron chi connectivity index (χ4n) is 5.58. The number of nitrogens with one attached hydrogen (secondary N) is 5. The van der Waals surface area contributed by atoms with Crippen molar-refractivity contribution >= 4 is 41.3 Å². The molecule has 2 rings (SSSR count). The Bertz CT molecular complexity index is 1660. The van der Waals surface area contributed by atoms with Gasteiger partial charge in [-0.3, -0.25) is 28.8 Å². The second kappa shape index (κ2) is 20.8. The monoisotopic (exact) mass is 768 g/mol. The van der Waals surface area contributed by atoms with Crippen LogP contribution < -0.4 is 32.3 Å². The number of phenols is 2. The van der Waals surface area contributed by atoms with Gasteiger partial charge in [0.1, 0.15) is 41.7 Å². The number of ketones is 1. The standard InChI is InChI=1S/C39H56N6O10/c1-19(2)14-28(42-37(52)32(45-35(50)29(40)20(3)4)24-16-25(46)18-26(47)17-24)34(49)41-27(15-23-12-10-9-11-13-23)33(48)38(53)43-30(21(5)6)36(51)44-31(22(7)8)39(54)55/h9-13,16-22,27-32,46-47H,14-15,40H2,1-8H3,(H,41,49)(H,42,52)(H,43,53)(H,44,51)(H,45,50)(H,54,55)/t27?,28-,29-,30-,31-,32?/m0/s1. The first-order chi connectivity index (χ1) is 25.6. The molecule has 0 radical (unpaired) electrons. The maximum absolute atomic E-state index is 14.0. The molecule has 0 aliphatic heterocycles. The topological polar surface area (TPSA) is 266 Å². The predicted molar refractivity (Wildman–Crippen MR) is 203 cm³/mol. The van der Waals surface area contributed by atoms with Crippen LogP contribution in [0.2, 0.25) is 0 Å². The zero-order chi connectivity index (χ0) is 41.7. The molecule has 0 aliphatic carbocycles. The van der Waals surface area contributed by atoms with Gasteiger partial charge >= 0.3 is 5.97 Å². The van der Waals surface area contributed by atoms with E-state index in [9.17, 15) is 48.9 Å². The van der Waals surface area contributed by atoms with E-state index in [4.69, 9.17) is 5.73 Å². The summed E-state index contributed by atoms with van der Waals surface area (Å²) in [6, 6.07) is 3.94. The quantitative estimate of drug-likeness (QED) is 0.0870. The molecule has 16 heteroatoms. The van der Waals surface area contributed by atoms with E-state index in [0.717, 1.165) is 18.2 Å². The zero-order valence-electron chi connectivity index (χ0n) is 32.6. The highest BCUT2D eigenvalue weighted by molar-refractivity contribution is 6.39. The molecular weight excluding hydrogens is 712 g/mol. The van der Waals surface area contributed by atoms with E-state index in [1.54, 1.807) is 85.7 Å². The minimum absolute atomic E-state index is 0.0105. The van der Waals surface area contributed by atoms with Gasteiger partial charge in [-0.15, -0.1) is 0 Å². The highest BCUT2D eigenvalue weighted by atomic mass is 16.4. The van der Waals surface area contributed by atoms with E-state index in [0.29, 0.717) is 5.56 Å². The minimum atomic E-state index is -1.53. The second-order valence-corrected chi connectivity index (χ2v) is 15.1. The van der Waals surface area contributed by atoms with Crippen LogP contribution in [0.5, 0.6) is 11.5 Å². The number of hydrogen-bond donors (Lipinski definition) is 9. The molecule has 0 heterocycles. The molecule has 2 unspecified atom stereocenters. The van der Waals surface area contributed by atoms with Crippen molar-refractivity contribution in [1.29, 1.82) is 0 Å². The fourth-order valence-corrected chi connectivity index (χ4v) is 5.58. The molecule has 2 aromatic rings. The number of carbonyl (C=O) groups excluding carboxylic acids is 6. The van der Waals surface area contributed by atoms with E-state index in [-0.39, 0.29) is 30.2 Å². The summed E-state index contributed by atoms with van der Waals surface area (Å²) in [5.41, 5.74) is 6.59. The molecule has 0 bridgehead atoms. The van der Waals surface area contributed by atoms with E-state index in [1.807, 2.05) is 0 Å². The number of hydrogen-bond acceptors (Lipinski definition) is 10. The number of carboxylic acid groups (broad SMARTS) is 1. The first-order valence-electron chi connectivity index (χ1n) is 18.2. The number of nitrogens with two attached hydrogens (primary N) is 1. The summed E-state index contributed by atoms with van der Waals surface area (Å²) in [5, 5.41) is 42.4. The molecule has 0 aliphatic rings. The lowest BCUT2D eigenvalue weighted by molar-refractivity contribution is -0.144. The van der Waals surface area contributed by atoms with Crippen LogP contribution in [0.3, 0.4) is 0 Å². The van der Waals surface area contributed by atoms with Crippen LogP contribution in [0.25, 0.3) is 0 Å². The molecule has 302 valence electrons. The van der Waals surface area contributed by atoms with Gasteiger partial charge in [0, 0.05) is 12.5 Å². The average Bonchev–Trinajstić information content (AvgIpc) is 3.09. The number of rotatable bonds is 20. The number of carbonyl (C=O) groups is 7. The van der Waals surface area contributed by atoms with Gasteiger partial charge in [-0.1, -0.05) is 85.7 Å². The molecule has 6 atom stereocenters. The van der Waals surface area contributed by atoms with Gasteiger partial charge in [0.15, 0.2) is 0 Å². The van der Waals surface area contributed by atoms with Crippen LogP contribution in [0.15, 0.2) is 48.5 Å². The second-order valence-electron chi connectivity index (χ2n) is 15.1. The molecule has 0 aromatic heterocycles. The number of benzene rings is 2. The Kier molecular flexibility index (Phi) is 17.3. The third-order valence-corrected chi connectivity index (χ3v) is 8.77. The molecule has 55 heavy (non-hydrogen) atoms. The van der Waals surface area contributed by atoms with Crippen molar-refractivity contribution in [3.8, 4) is 11.5 Å². The van der Waals surface area contributed by atoms with Gasteiger partial charge in [-0.05, 0) is 53.4 Å². The lowest BCUT2D eigenvalue weighted by atomic mass is 9.97. The summed E-state index contributed by atoms with van der Waals surface area (Å²) in [5.74, 6) is -9.19. The molecule has 16 nitrogen and oxygen atoms in total. The Labute approximate surface area is 321 Å². The number of aliphatic carboxylic acids is 1. The van der Waals surface area contributed by atoms with Crippen LogP contribution in [0, 0.1) is 23.7 Å². The molecule has 2 aromatic carbocycles. The summed E-state index contributed by atoms with van der Waals surface area (Å²) in [6.45, 7) is 13.4. The Morgan fingerprint density at radius 3 is 1.65 bits per heavy atom. The zero-order valence-corrected chi connectivity index (χ0v) is 32.6. The number of aromatic hydroxyl groups is 2. The van der Waals surface area contributed by atoms with Gasteiger partial charge < -0.3 is 47.6 Å². The highest BCUT2D eigenvalue weighted by Crippen LogP contribution is 2.26. The van der Waals surface area contributed by atoms with Crippen molar-refractivity contribution in [2.24, 2.45) is 29.4 Å². The largest absolute Gasteiger partial charge is 0.508 e. The van der Waals surface area contributed by atoms with Gasteiger partial charge in [0.25, 0.3) is 5.91 Å². The van der Waals surface area contributed by atoms with Crippen molar-refractivity contribution in [3.05, 3.63) is 59.7 Å². The van der Waals surface area contributed by atoms with Crippen molar-refractivity contribution in [2.45, 2.75) is 104 Å². The molecule has 0 fully saturated rings. The summed E-state index contributed by atoms with van der Waals surface area (Å²) in [4.78, 5) is 93.1. The molecule has 0 spiro atoms. The Hall–Kier alpha value is -5.51. The van der Waals surface area contributed by atoms with Crippen LogP contribution >= 0.6 is 0 Å². The van der Waals surface area contributed by atoms with E-state index >= 15 is 0 Å². The summed E-state index contributed by atoms with van der Waals surface area (Å²) in [7, 11) is 0. The smallest absolute Gasteiger partial charge is 0.326 e. The number of Topliss-reactive ketones (excluding diaryl/α,β-unsaturated/α-hetero) is 1. The molecule has 0 saturated carbocycles. The fraction of sp³-hybridized carbons (Fsp3) is 0.513. The maximum Gasteiger partial charge on any atom is 0.326 e. The molecule has 5 amide bonds. The number of carboxylic acids is 1. The first kappa shape index (κ1) is 45.6. The lowest BCUT2D eigenvalue weighted by Gasteiger charge is -2.28. The van der Waals surface area contributed by atoms with E-state index in [1.165, 1.54) is 0 Å². The average molecular weight is 769 g/mol. The van der Waals surface area contributed by atoms with Gasteiger partial charge in [0.2, 0.25) is 29.4 Å². The van der Waals surface area contributed by atoms with Crippen molar-refractivity contribution in [3.63, 3.8) is 0 Å².